The van der Waals surface area contributed by atoms with Crippen molar-refractivity contribution in [2.75, 3.05) is 51.5 Å². The number of carbonyl (C=O) groups excluding carboxylic acids is 4. The van der Waals surface area contributed by atoms with E-state index in [0.717, 1.165) is 0 Å². The number of hydrogen-bond donors (Lipinski definition) is 2. The maximum Gasteiger partial charge on any atom is 0.329 e. The molecule has 10 nitrogen and oxygen atoms in total. The van der Waals surface area contributed by atoms with Crippen LogP contribution in [0.25, 0.3) is 0 Å². The molecular weight excluding hydrogens is 460 g/mol. The fourth-order valence-corrected chi connectivity index (χ4v) is 4.24. The summed E-state index contributed by atoms with van der Waals surface area (Å²) < 4.78 is 21.0. The van der Waals surface area contributed by atoms with Crippen molar-refractivity contribution >= 4 is 47.3 Å². The van der Waals surface area contributed by atoms with Crippen LogP contribution < -0.4 is 10.6 Å². The Kier molecular flexibility index (Phi) is 10.2. The van der Waals surface area contributed by atoms with Crippen LogP contribution in [0.4, 0.5) is 0 Å². The van der Waals surface area contributed by atoms with E-state index in [2.05, 4.69) is 10.6 Å². The number of nitrogens with one attached hydrogen (secondary N) is 2. The molecule has 2 rings (SSSR count). The lowest BCUT2D eigenvalue weighted by atomic mass is 10.1. The van der Waals surface area contributed by atoms with Crippen molar-refractivity contribution in [3.8, 4) is 0 Å². The zero-order valence-electron chi connectivity index (χ0n) is 18.5. The van der Waals surface area contributed by atoms with Gasteiger partial charge in [0.25, 0.3) is 11.8 Å². The fourth-order valence-electron chi connectivity index (χ4n) is 3.14. The fraction of sp³-hybridized carbons (Fsp3) is 0.600. The largest absolute Gasteiger partial charge is 0.489 e. The minimum Gasteiger partial charge on any atom is -0.489 e. The van der Waals surface area contributed by atoms with E-state index in [4.69, 9.17) is 18.9 Å². The predicted octanol–water partition coefficient (Wildman–Crippen LogP) is 0.377. The summed E-state index contributed by atoms with van der Waals surface area (Å²) in [6.07, 6.45) is 4.11. The van der Waals surface area contributed by atoms with Gasteiger partial charge in [-0.25, -0.2) is 9.59 Å². The van der Waals surface area contributed by atoms with Crippen LogP contribution in [0.15, 0.2) is 22.7 Å². The second-order valence-corrected chi connectivity index (χ2v) is 8.67. The van der Waals surface area contributed by atoms with Crippen LogP contribution in [-0.2, 0) is 38.1 Å². The van der Waals surface area contributed by atoms with Crippen LogP contribution in [0.3, 0.4) is 0 Å². The van der Waals surface area contributed by atoms with Crippen molar-refractivity contribution in [2.24, 2.45) is 0 Å². The zero-order chi connectivity index (χ0) is 23.7. The van der Waals surface area contributed by atoms with Crippen LogP contribution >= 0.6 is 23.5 Å². The lowest BCUT2D eigenvalue weighted by Crippen LogP contribution is -2.44. The summed E-state index contributed by atoms with van der Waals surface area (Å²) in [5, 5.41) is 5.30. The summed E-state index contributed by atoms with van der Waals surface area (Å²) in [6, 6.07) is -1.71. The first-order chi connectivity index (χ1) is 15.4. The Bertz CT molecular complexity index is 747. The van der Waals surface area contributed by atoms with Gasteiger partial charge in [0.2, 0.25) is 0 Å². The molecule has 0 saturated carbocycles. The van der Waals surface area contributed by atoms with Gasteiger partial charge in [-0.3, -0.25) is 9.59 Å². The van der Waals surface area contributed by atoms with Gasteiger partial charge in [-0.05, 0) is 12.5 Å². The minimum absolute atomic E-state index is 0.0668. The quantitative estimate of drug-likeness (QED) is 0.416. The zero-order valence-corrected chi connectivity index (χ0v) is 20.1. The second-order valence-electron chi connectivity index (χ2n) is 6.85. The molecule has 0 aromatic rings. The highest BCUT2D eigenvalue weighted by Crippen LogP contribution is 2.36. The highest BCUT2D eigenvalue weighted by molar-refractivity contribution is 7.98. The number of rotatable bonds is 10. The maximum atomic E-state index is 13.0. The van der Waals surface area contributed by atoms with Gasteiger partial charge in [-0.1, -0.05) is 0 Å². The molecule has 0 radical (unpaired) electrons. The SMILES string of the molecule is COC(=O)C(CSC)NC(=O)C1=C2OCCCOC2=C(C(=O)NC(CSC)C(=O)OC)C1. The van der Waals surface area contributed by atoms with Crippen molar-refractivity contribution in [1.82, 2.24) is 10.6 Å². The topological polar surface area (TPSA) is 129 Å². The molecule has 32 heavy (non-hydrogen) atoms. The Morgan fingerprint density at radius 1 is 0.844 bits per heavy atom. The molecule has 1 aliphatic heterocycles. The smallest absolute Gasteiger partial charge is 0.329 e. The molecular formula is C20H28N2O8S2. The van der Waals surface area contributed by atoms with Gasteiger partial charge < -0.3 is 29.6 Å². The molecule has 12 heteroatoms. The molecule has 2 unspecified atom stereocenters. The summed E-state index contributed by atoms with van der Waals surface area (Å²) in [5.41, 5.74) is 0.364. The average Bonchev–Trinajstić information content (AvgIpc) is 2.98. The molecule has 1 saturated heterocycles. The molecule has 1 heterocycles. The van der Waals surface area contributed by atoms with Crippen molar-refractivity contribution in [2.45, 2.75) is 24.9 Å². The standard InChI is InChI=1S/C20H28N2O8S2/c1-27-19(25)13(9-31-3)21-17(23)11-8-12(16-15(11)29-6-5-7-30-16)18(24)22-14(10-32-4)20(26)28-2/h13-14H,5-10H2,1-4H3,(H,21,23)(H,22,24). The molecule has 0 bridgehead atoms. The number of ether oxygens (including phenoxy) is 4. The van der Waals surface area contributed by atoms with E-state index >= 15 is 0 Å². The molecule has 0 spiro atoms. The Morgan fingerprint density at radius 3 is 1.59 bits per heavy atom. The first-order valence-corrected chi connectivity index (χ1v) is 12.6. The van der Waals surface area contributed by atoms with Crippen molar-refractivity contribution in [3.63, 3.8) is 0 Å². The van der Waals surface area contributed by atoms with Crippen LogP contribution in [0, 0.1) is 0 Å². The average molecular weight is 489 g/mol. The normalized spacial score (nSPS) is 17.2. The predicted molar refractivity (Wildman–Crippen MR) is 120 cm³/mol. The number of esters is 2. The number of thioether (sulfide) groups is 2. The minimum atomic E-state index is -0.853. The Morgan fingerprint density at radius 2 is 1.25 bits per heavy atom. The summed E-state index contributed by atoms with van der Waals surface area (Å²) in [7, 11) is 2.49. The molecule has 0 aromatic heterocycles. The number of amides is 2. The molecule has 2 aliphatic rings. The Labute approximate surface area is 195 Å². The summed E-state index contributed by atoms with van der Waals surface area (Å²) in [4.78, 5) is 50.0. The summed E-state index contributed by atoms with van der Waals surface area (Å²) in [5.74, 6) is -1.25. The van der Waals surface area contributed by atoms with E-state index in [1.807, 2.05) is 0 Å². The highest BCUT2D eigenvalue weighted by atomic mass is 32.2. The third-order valence-electron chi connectivity index (χ3n) is 4.69. The van der Waals surface area contributed by atoms with Crippen LogP contribution in [-0.4, -0.2) is 87.3 Å². The first-order valence-electron chi connectivity index (χ1n) is 9.85. The van der Waals surface area contributed by atoms with Gasteiger partial charge in [0.15, 0.2) is 11.5 Å². The molecule has 1 fully saturated rings. The number of fused-ring (bicyclic) bond motifs is 1. The van der Waals surface area contributed by atoms with E-state index in [0.29, 0.717) is 31.1 Å². The van der Waals surface area contributed by atoms with E-state index in [1.54, 1.807) is 12.5 Å². The van der Waals surface area contributed by atoms with E-state index in [-0.39, 0.29) is 29.1 Å². The monoisotopic (exact) mass is 488 g/mol. The number of methoxy groups -OCH3 is 2. The van der Waals surface area contributed by atoms with E-state index in [1.165, 1.54) is 37.7 Å². The van der Waals surface area contributed by atoms with Crippen LogP contribution in [0.5, 0.6) is 0 Å². The van der Waals surface area contributed by atoms with E-state index < -0.39 is 35.8 Å². The molecule has 2 N–H and O–H groups in total. The van der Waals surface area contributed by atoms with E-state index in [9.17, 15) is 19.2 Å². The Hall–Kier alpha value is -2.34. The van der Waals surface area contributed by atoms with Gasteiger partial charge >= 0.3 is 11.9 Å². The lowest BCUT2D eigenvalue weighted by Gasteiger charge is -2.17. The second kappa shape index (κ2) is 12.6. The Balaban J connectivity index is 2.26. The third kappa shape index (κ3) is 6.35. The van der Waals surface area contributed by atoms with Crippen LogP contribution in [0.2, 0.25) is 0 Å². The first kappa shape index (κ1) is 25.9. The third-order valence-corrected chi connectivity index (χ3v) is 6.02. The van der Waals surface area contributed by atoms with Gasteiger partial charge in [0.1, 0.15) is 12.1 Å². The van der Waals surface area contributed by atoms with Crippen molar-refractivity contribution < 1.29 is 38.1 Å². The highest BCUT2D eigenvalue weighted by Gasteiger charge is 2.38. The van der Waals surface area contributed by atoms with Gasteiger partial charge in [0.05, 0.1) is 38.6 Å². The summed E-state index contributed by atoms with van der Waals surface area (Å²) >= 11 is 2.76. The molecule has 0 aromatic carbocycles. The van der Waals surface area contributed by atoms with Gasteiger partial charge in [-0.15, -0.1) is 0 Å². The number of hydrogen-bond acceptors (Lipinski definition) is 10. The molecule has 178 valence electrons. The molecule has 2 atom stereocenters. The van der Waals surface area contributed by atoms with Crippen molar-refractivity contribution in [1.29, 1.82) is 0 Å². The van der Waals surface area contributed by atoms with Gasteiger partial charge in [-0.2, -0.15) is 23.5 Å². The lowest BCUT2D eigenvalue weighted by molar-refractivity contribution is -0.144. The molecule has 2 amide bonds. The number of carbonyl (C=O) groups is 4. The van der Waals surface area contributed by atoms with Crippen LogP contribution in [0.1, 0.15) is 12.8 Å². The molecule has 1 aliphatic carbocycles. The maximum absolute atomic E-state index is 13.0. The summed E-state index contributed by atoms with van der Waals surface area (Å²) in [6.45, 7) is 0.625. The van der Waals surface area contributed by atoms with Gasteiger partial charge in [0, 0.05) is 24.3 Å². The van der Waals surface area contributed by atoms with Crippen molar-refractivity contribution in [3.05, 3.63) is 22.7 Å².